The van der Waals surface area contributed by atoms with Crippen molar-refractivity contribution in [3.8, 4) is 0 Å². The highest BCUT2D eigenvalue weighted by atomic mass is 35.5. The first-order valence-electron chi connectivity index (χ1n) is 9.96. The Morgan fingerprint density at radius 2 is 1.92 bits per heavy atom. The second kappa shape index (κ2) is 6.61. The van der Waals surface area contributed by atoms with Crippen LogP contribution in [-0.2, 0) is 11.3 Å². The maximum absolute atomic E-state index is 12.6. The number of nitrogens with zero attached hydrogens (tertiary/aromatic N) is 2. The zero-order valence-electron chi connectivity index (χ0n) is 15.4. The van der Waals surface area contributed by atoms with Crippen LogP contribution in [0.15, 0.2) is 6.20 Å². The van der Waals surface area contributed by atoms with E-state index in [9.17, 15) is 4.79 Å². The van der Waals surface area contributed by atoms with E-state index in [1.807, 2.05) is 6.92 Å². The molecule has 1 amide bonds. The highest BCUT2D eigenvalue weighted by molar-refractivity contribution is 6.31. The molecule has 0 radical (unpaired) electrons. The van der Waals surface area contributed by atoms with Crippen molar-refractivity contribution in [2.75, 3.05) is 0 Å². The third-order valence-electron chi connectivity index (χ3n) is 7.02. The van der Waals surface area contributed by atoms with Crippen molar-refractivity contribution in [3.63, 3.8) is 0 Å². The maximum atomic E-state index is 12.6. The Kier molecular flexibility index (Phi) is 4.59. The molecule has 1 unspecified atom stereocenters. The topological polar surface area (TPSA) is 46.9 Å². The molecule has 25 heavy (non-hydrogen) atoms. The fraction of sp³-hybridized carbons (Fsp3) is 0.800. The molecule has 1 aromatic heterocycles. The molecule has 1 atom stereocenters. The van der Waals surface area contributed by atoms with Gasteiger partial charge in [-0.15, -0.1) is 0 Å². The van der Waals surface area contributed by atoms with Crippen molar-refractivity contribution in [2.45, 2.75) is 77.8 Å². The van der Waals surface area contributed by atoms with Gasteiger partial charge in [-0.1, -0.05) is 18.5 Å². The zero-order chi connectivity index (χ0) is 17.6. The Labute approximate surface area is 155 Å². The lowest BCUT2D eigenvalue weighted by molar-refractivity contribution is -0.126. The molecule has 4 aliphatic carbocycles. The number of rotatable bonds is 6. The predicted molar refractivity (Wildman–Crippen MR) is 99.4 cm³/mol. The maximum Gasteiger partial charge on any atom is 0.222 e. The molecule has 5 rings (SSSR count). The van der Waals surface area contributed by atoms with Crippen LogP contribution in [0, 0.1) is 30.1 Å². The van der Waals surface area contributed by atoms with Crippen LogP contribution < -0.4 is 5.32 Å². The largest absolute Gasteiger partial charge is 0.353 e. The molecule has 0 saturated heterocycles. The van der Waals surface area contributed by atoms with Gasteiger partial charge in [0.2, 0.25) is 5.91 Å². The molecule has 4 fully saturated rings. The Hall–Kier alpha value is -1.03. The molecule has 4 saturated carbocycles. The first-order valence-corrected chi connectivity index (χ1v) is 10.3. The van der Waals surface area contributed by atoms with Gasteiger partial charge in [0.25, 0.3) is 0 Å². The second-order valence-corrected chi connectivity index (χ2v) is 9.29. The number of carbonyl (C=O) groups excluding carboxylic acids is 1. The van der Waals surface area contributed by atoms with E-state index in [0.29, 0.717) is 29.4 Å². The molecule has 5 heteroatoms. The number of amides is 1. The molecule has 4 nitrogen and oxygen atoms in total. The summed E-state index contributed by atoms with van der Waals surface area (Å²) in [5.41, 5.74) is 1.20. The van der Waals surface area contributed by atoms with E-state index in [1.165, 1.54) is 38.5 Å². The summed E-state index contributed by atoms with van der Waals surface area (Å²) >= 11 is 6.04. The number of hydrogen-bond acceptors (Lipinski definition) is 2. The molecule has 138 valence electrons. The number of aryl methyl sites for hydroxylation is 2. The van der Waals surface area contributed by atoms with Crippen LogP contribution in [0.5, 0.6) is 0 Å². The summed E-state index contributed by atoms with van der Waals surface area (Å²) in [6, 6.07) is 0.344. The van der Waals surface area contributed by atoms with Gasteiger partial charge in [-0.3, -0.25) is 9.48 Å². The van der Waals surface area contributed by atoms with Crippen molar-refractivity contribution in [2.24, 2.45) is 23.2 Å². The van der Waals surface area contributed by atoms with E-state index in [4.69, 9.17) is 11.6 Å². The Morgan fingerprint density at radius 3 is 2.40 bits per heavy atom. The summed E-state index contributed by atoms with van der Waals surface area (Å²) in [7, 11) is 0. The summed E-state index contributed by atoms with van der Waals surface area (Å²) in [6.45, 7) is 4.72. The number of halogens is 1. The minimum Gasteiger partial charge on any atom is -0.353 e. The van der Waals surface area contributed by atoms with Crippen molar-refractivity contribution >= 4 is 17.5 Å². The molecule has 1 N–H and O–H groups in total. The van der Waals surface area contributed by atoms with Crippen LogP contribution in [0.2, 0.25) is 5.02 Å². The van der Waals surface area contributed by atoms with Crippen LogP contribution in [0.1, 0.15) is 64.0 Å². The van der Waals surface area contributed by atoms with Gasteiger partial charge in [0.1, 0.15) is 0 Å². The van der Waals surface area contributed by atoms with E-state index in [2.05, 4.69) is 17.3 Å². The minimum atomic E-state index is 0.159. The molecule has 0 aliphatic heterocycles. The van der Waals surface area contributed by atoms with Crippen LogP contribution in [0.3, 0.4) is 0 Å². The van der Waals surface area contributed by atoms with Crippen molar-refractivity contribution in [1.82, 2.24) is 15.1 Å². The number of carbonyl (C=O) groups is 1. The SMILES string of the molecule is CCC(NC(=O)CCn1cc(Cl)c(C)n1)C12CC3CC(CC(C3)C1)C2. The lowest BCUT2D eigenvalue weighted by Gasteiger charge is -2.59. The lowest BCUT2D eigenvalue weighted by atomic mass is 9.47. The monoisotopic (exact) mass is 363 g/mol. The molecule has 4 bridgehead atoms. The third kappa shape index (κ3) is 3.34. The van der Waals surface area contributed by atoms with Gasteiger partial charge in [-0.05, 0) is 75.0 Å². The normalized spacial score (nSPS) is 34.3. The van der Waals surface area contributed by atoms with Crippen LogP contribution >= 0.6 is 11.6 Å². The van der Waals surface area contributed by atoms with E-state index in [1.54, 1.807) is 10.9 Å². The fourth-order valence-corrected chi connectivity index (χ4v) is 6.53. The minimum absolute atomic E-state index is 0.159. The summed E-state index contributed by atoms with van der Waals surface area (Å²) in [5.74, 6) is 2.93. The van der Waals surface area contributed by atoms with Crippen LogP contribution in [0.4, 0.5) is 0 Å². The Morgan fingerprint density at radius 1 is 1.32 bits per heavy atom. The van der Waals surface area contributed by atoms with Crippen molar-refractivity contribution in [1.29, 1.82) is 0 Å². The standard InChI is InChI=1S/C20H30ClN3O/c1-3-18(20-9-14-6-15(10-20)8-16(7-14)11-20)22-19(25)4-5-24-12-17(21)13(2)23-24/h12,14-16,18H,3-11H2,1-2H3,(H,22,25). The Bertz CT molecular complexity index is 599. The van der Waals surface area contributed by atoms with E-state index < -0.39 is 0 Å². The smallest absolute Gasteiger partial charge is 0.222 e. The number of nitrogens with one attached hydrogen (secondary N) is 1. The predicted octanol–water partition coefficient (Wildman–Crippen LogP) is 4.35. The summed E-state index contributed by atoms with van der Waals surface area (Å²) in [4.78, 5) is 12.6. The van der Waals surface area contributed by atoms with Crippen molar-refractivity contribution < 1.29 is 4.79 Å². The van der Waals surface area contributed by atoms with E-state index in [0.717, 1.165) is 29.9 Å². The first-order chi connectivity index (χ1) is 12.0. The molecular formula is C20H30ClN3O. The molecule has 0 spiro atoms. The molecule has 1 aromatic rings. The van der Waals surface area contributed by atoms with Gasteiger partial charge in [0.15, 0.2) is 0 Å². The molecule has 1 heterocycles. The molecule has 4 aliphatic rings. The van der Waals surface area contributed by atoms with Crippen molar-refractivity contribution in [3.05, 3.63) is 16.9 Å². The average Bonchev–Trinajstić information content (AvgIpc) is 2.87. The van der Waals surface area contributed by atoms with Gasteiger partial charge in [0, 0.05) is 25.2 Å². The highest BCUT2D eigenvalue weighted by Gasteiger charge is 2.53. The van der Waals surface area contributed by atoms with Crippen LogP contribution in [0.25, 0.3) is 0 Å². The highest BCUT2D eigenvalue weighted by Crippen LogP contribution is 2.61. The molecule has 0 aromatic carbocycles. The lowest BCUT2D eigenvalue weighted by Crippen LogP contribution is -2.56. The van der Waals surface area contributed by atoms with E-state index >= 15 is 0 Å². The summed E-state index contributed by atoms with van der Waals surface area (Å²) in [6.07, 6.45) is 11.7. The zero-order valence-corrected chi connectivity index (χ0v) is 16.2. The van der Waals surface area contributed by atoms with Gasteiger partial charge < -0.3 is 5.32 Å². The number of aromatic nitrogens is 2. The Balaban J connectivity index is 1.37. The first kappa shape index (κ1) is 17.4. The third-order valence-corrected chi connectivity index (χ3v) is 7.39. The molecular weight excluding hydrogens is 334 g/mol. The van der Waals surface area contributed by atoms with Gasteiger partial charge in [-0.25, -0.2) is 0 Å². The summed E-state index contributed by atoms with van der Waals surface area (Å²) in [5, 5.41) is 8.41. The van der Waals surface area contributed by atoms with Crippen LogP contribution in [-0.4, -0.2) is 21.7 Å². The van der Waals surface area contributed by atoms with E-state index in [-0.39, 0.29) is 5.91 Å². The average molecular weight is 364 g/mol. The second-order valence-electron chi connectivity index (χ2n) is 8.88. The number of hydrogen-bond donors (Lipinski definition) is 1. The van der Waals surface area contributed by atoms with Gasteiger partial charge >= 0.3 is 0 Å². The van der Waals surface area contributed by atoms with Gasteiger partial charge in [0.05, 0.1) is 10.7 Å². The fourth-order valence-electron chi connectivity index (χ4n) is 6.38. The summed E-state index contributed by atoms with van der Waals surface area (Å²) < 4.78 is 1.78. The van der Waals surface area contributed by atoms with Gasteiger partial charge in [-0.2, -0.15) is 5.10 Å². The quantitative estimate of drug-likeness (QED) is 0.816.